The van der Waals surface area contributed by atoms with E-state index in [9.17, 15) is 4.39 Å². The summed E-state index contributed by atoms with van der Waals surface area (Å²) >= 11 is 0. The first-order chi connectivity index (χ1) is 10.7. The highest BCUT2D eigenvalue weighted by Gasteiger charge is 2.32. The molecule has 4 heteroatoms. The Morgan fingerprint density at radius 1 is 1.13 bits per heavy atom. The molecule has 0 amide bonds. The predicted octanol–water partition coefficient (Wildman–Crippen LogP) is 3.73. The lowest BCUT2D eigenvalue weighted by atomic mass is 9.89. The standard InChI is InChI=1S/C19H23FN2.ClH/c1-14-9-18(20)8-7-16(14)11-22-12-17(10-21)19(13-22)15-5-3-2-4-6-15;/h2-9,17,19H,10-13,21H2,1H3;1H/t17-,19+;/m1./s1. The van der Waals surface area contributed by atoms with Crippen molar-refractivity contribution in [1.29, 1.82) is 0 Å². The molecule has 0 aromatic heterocycles. The molecule has 1 saturated heterocycles. The third-order valence-corrected chi connectivity index (χ3v) is 4.75. The summed E-state index contributed by atoms with van der Waals surface area (Å²) in [4.78, 5) is 2.44. The molecule has 0 radical (unpaired) electrons. The van der Waals surface area contributed by atoms with Gasteiger partial charge in [-0.05, 0) is 48.2 Å². The number of aryl methyl sites for hydroxylation is 1. The van der Waals surface area contributed by atoms with Crippen LogP contribution in [0, 0.1) is 18.7 Å². The molecule has 0 bridgehead atoms. The van der Waals surface area contributed by atoms with Crippen LogP contribution in [0.4, 0.5) is 4.39 Å². The molecule has 2 atom stereocenters. The van der Waals surface area contributed by atoms with E-state index in [1.807, 2.05) is 13.0 Å². The maximum absolute atomic E-state index is 13.2. The molecule has 0 unspecified atom stereocenters. The first-order valence-corrected chi connectivity index (χ1v) is 7.89. The van der Waals surface area contributed by atoms with Crippen molar-refractivity contribution in [3.63, 3.8) is 0 Å². The van der Waals surface area contributed by atoms with E-state index in [1.165, 1.54) is 11.1 Å². The van der Waals surface area contributed by atoms with E-state index in [4.69, 9.17) is 5.73 Å². The van der Waals surface area contributed by atoms with Gasteiger partial charge in [-0.1, -0.05) is 36.4 Å². The summed E-state index contributed by atoms with van der Waals surface area (Å²) in [5.41, 5.74) is 9.58. The number of halogens is 2. The van der Waals surface area contributed by atoms with Gasteiger partial charge < -0.3 is 5.73 Å². The highest BCUT2D eigenvalue weighted by molar-refractivity contribution is 5.85. The number of benzene rings is 2. The fourth-order valence-corrected chi connectivity index (χ4v) is 3.48. The van der Waals surface area contributed by atoms with Crippen LogP contribution in [0.1, 0.15) is 22.6 Å². The molecule has 2 aromatic rings. The first kappa shape index (κ1) is 17.9. The van der Waals surface area contributed by atoms with Crippen LogP contribution >= 0.6 is 12.4 Å². The van der Waals surface area contributed by atoms with E-state index >= 15 is 0 Å². The van der Waals surface area contributed by atoms with Crippen LogP contribution < -0.4 is 5.73 Å². The SMILES string of the molecule is Cc1cc(F)ccc1CN1C[C@@H](CN)[C@H](c2ccccc2)C1.Cl. The van der Waals surface area contributed by atoms with Crippen LogP contribution in [0.3, 0.4) is 0 Å². The molecule has 3 rings (SSSR count). The molecule has 0 aliphatic carbocycles. The van der Waals surface area contributed by atoms with E-state index in [2.05, 4.69) is 35.2 Å². The molecule has 2 N–H and O–H groups in total. The first-order valence-electron chi connectivity index (χ1n) is 7.89. The molecule has 2 aromatic carbocycles. The summed E-state index contributed by atoms with van der Waals surface area (Å²) < 4.78 is 13.2. The van der Waals surface area contributed by atoms with Crippen molar-refractivity contribution in [2.24, 2.45) is 11.7 Å². The summed E-state index contributed by atoms with van der Waals surface area (Å²) in [6.45, 7) is 5.57. The third kappa shape index (κ3) is 4.11. The Morgan fingerprint density at radius 3 is 2.52 bits per heavy atom. The molecule has 124 valence electrons. The zero-order chi connectivity index (χ0) is 15.5. The maximum atomic E-state index is 13.2. The van der Waals surface area contributed by atoms with Gasteiger partial charge in [0.15, 0.2) is 0 Å². The minimum absolute atomic E-state index is 0. The monoisotopic (exact) mass is 334 g/mol. The number of hydrogen-bond donors (Lipinski definition) is 1. The van der Waals surface area contributed by atoms with Crippen LogP contribution in [0.25, 0.3) is 0 Å². The third-order valence-electron chi connectivity index (χ3n) is 4.75. The molecule has 0 saturated carbocycles. The van der Waals surface area contributed by atoms with Crippen LogP contribution in [-0.4, -0.2) is 24.5 Å². The lowest BCUT2D eigenvalue weighted by molar-refractivity contribution is 0.316. The average Bonchev–Trinajstić information content (AvgIpc) is 2.94. The Morgan fingerprint density at radius 2 is 1.87 bits per heavy atom. The zero-order valence-corrected chi connectivity index (χ0v) is 14.2. The van der Waals surface area contributed by atoms with Crippen molar-refractivity contribution in [2.45, 2.75) is 19.4 Å². The smallest absolute Gasteiger partial charge is 0.123 e. The van der Waals surface area contributed by atoms with Crippen molar-refractivity contribution in [3.8, 4) is 0 Å². The minimum atomic E-state index is -0.162. The van der Waals surface area contributed by atoms with Crippen molar-refractivity contribution >= 4 is 12.4 Å². The Balaban J connectivity index is 0.00000192. The molecule has 2 nitrogen and oxygen atoms in total. The van der Waals surface area contributed by atoms with E-state index in [1.54, 1.807) is 12.1 Å². The summed E-state index contributed by atoms with van der Waals surface area (Å²) in [5, 5.41) is 0. The fraction of sp³-hybridized carbons (Fsp3) is 0.368. The number of nitrogens with zero attached hydrogens (tertiary/aromatic N) is 1. The molecule has 0 spiro atoms. The van der Waals surface area contributed by atoms with Crippen molar-refractivity contribution in [3.05, 3.63) is 71.0 Å². The number of hydrogen-bond acceptors (Lipinski definition) is 2. The maximum Gasteiger partial charge on any atom is 0.123 e. The van der Waals surface area contributed by atoms with Gasteiger partial charge in [-0.15, -0.1) is 12.4 Å². The van der Waals surface area contributed by atoms with Crippen molar-refractivity contribution < 1.29 is 4.39 Å². The second kappa shape index (κ2) is 7.91. The van der Waals surface area contributed by atoms with Gasteiger partial charge in [0, 0.05) is 25.6 Å². The molecule has 1 heterocycles. The predicted molar refractivity (Wildman–Crippen MR) is 95.4 cm³/mol. The normalized spacial score (nSPS) is 21.2. The number of likely N-dealkylation sites (tertiary alicyclic amines) is 1. The van der Waals surface area contributed by atoms with Crippen LogP contribution in [0.2, 0.25) is 0 Å². The summed E-state index contributed by atoms with van der Waals surface area (Å²) in [6.07, 6.45) is 0. The molecule has 1 fully saturated rings. The van der Waals surface area contributed by atoms with E-state index < -0.39 is 0 Å². The molecular formula is C19H24ClFN2. The van der Waals surface area contributed by atoms with E-state index in [0.29, 0.717) is 18.4 Å². The van der Waals surface area contributed by atoms with Gasteiger partial charge in [-0.2, -0.15) is 0 Å². The lowest BCUT2D eigenvalue weighted by Crippen LogP contribution is -2.23. The second-order valence-corrected chi connectivity index (χ2v) is 6.28. The summed E-state index contributed by atoms with van der Waals surface area (Å²) in [7, 11) is 0. The lowest BCUT2D eigenvalue weighted by Gasteiger charge is -2.17. The van der Waals surface area contributed by atoms with Gasteiger partial charge in [0.2, 0.25) is 0 Å². The van der Waals surface area contributed by atoms with Gasteiger partial charge in [-0.25, -0.2) is 4.39 Å². The fourth-order valence-electron chi connectivity index (χ4n) is 3.48. The second-order valence-electron chi connectivity index (χ2n) is 6.28. The van der Waals surface area contributed by atoms with Crippen LogP contribution in [0.15, 0.2) is 48.5 Å². The summed E-state index contributed by atoms with van der Waals surface area (Å²) in [5.74, 6) is 0.819. The zero-order valence-electron chi connectivity index (χ0n) is 13.4. The molecule has 23 heavy (non-hydrogen) atoms. The van der Waals surface area contributed by atoms with Gasteiger partial charge in [0.25, 0.3) is 0 Å². The average molecular weight is 335 g/mol. The van der Waals surface area contributed by atoms with E-state index in [0.717, 1.165) is 25.2 Å². The quantitative estimate of drug-likeness (QED) is 0.923. The van der Waals surface area contributed by atoms with Gasteiger partial charge in [0.05, 0.1) is 0 Å². The van der Waals surface area contributed by atoms with Gasteiger partial charge in [-0.3, -0.25) is 4.90 Å². The highest BCUT2D eigenvalue weighted by atomic mass is 35.5. The molecule has 1 aliphatic heterocycles. The van der Waals surface area contributed by atoms with Crippen molar-refractivity contribution in [1.82, 2.24) is 4.90 Å². The van der Waals surface area contributed by atoms with Gasteiger partial charge in [0.1, 0.15) is 5.82 Å². The molecule has 1 aliphatic rings. The largest absolute Gasteiger partial charge is 0.330 e. The van der Waals surface area contributed by atoms with Crippen molar-refractivity contribution in [2.75, 3.05) is 19.6 Å². The topological polar surface area (TPSA) is 29.3 Å². The van der Waals surface area contributed by atoms with E-state index in [-0.39, 0.29) is 18.2 Å². The number of rotatable bonds is 4. The number of nitrogens with two attached hydrogens (primary N) is 1. The Bertz CT molecular complexity index is 633. The van der Waals surface area contributed by atoms with Crippen LogP contribution in [0.5, 0.6) is 0 Å². The minimum Gasteiger partial charge on any atom is -0.330 e. The highest BCUT2D eigenvalue weighted by Crippen LogP contribution is 2.33. The molecular weight excluding hydrogens is 311 g/mol. The Hall–Kier alpha value is -1.42. The van der Waals surface area contributed by atoms with Crippen LogP contribution in [-0.2, 0) is 6.54 Å². The Kier molecular flexibility index (Phi) is 6.17. The Labute approximate surface area is 143 Å². The van der Waals surface area contributed by atoms with Gasteiger partial charge >= 0.3 is 0 Å². The summed E-state index contributed by atoms with van der Waals surface area (Å²) in [6, 6.07) is 15.7.